The molecule has 0 spiro atoms. The molecule has 3 aromatic rings. The minimum Gasteiger partial charge on any atom is -0.475 e. The molecule has 1 aliphatic rings. The lowest BCUT2D eigenvalue weighted by molar-refractivity contribution is -0.192. The summed E-state index contributed by atoms with van der Waals surface area (Å²) < 4.78 is 42.5. The van der Waals surface area contributed by atoms with E-state index in [1.165, 1.54) is 0 Å². The van der Waals surface area contributed by atoms with Gasteiger partial charge in [-0.25, -0.2) is 9.78 Å². The second-order valence-corrected chi connectivity index (χ2v) is 6.16. The summed E-state index contributed by atoms with van der Waals surface area (Å²) in [6, 6.07) is 3.70. The van der Waals surface area contributed by atoms with Gasteiger partial charge in [0.15, 0.2) is 17.1 Å². The fraction of sp³-hybridized carbons (Fsp3) is 0.438. The van der Waals surface area contributed by atoms with Crippen LogP contribution in [0, 0.1) is 6.92 Å². The number of aromatic nitrogens is 4. The van der Waals surface area contributed by atoms with E-state index in [1.807, 2.05) is 12.1 Å². The first-order valence-corrected chi connectivity index (χ1v) is 8.26. The van der Waals surface area contributed by atoms with Gasteiger partial charge in [0.1, 0.15) is 0 Å². The molecule has 0 atom stereocenters. The van der Waals surface area contributed by atoms with Crippen molar-refractivity contribution in [3.8, 4) is 0 Å². The molecule has 9 nitrogen and oxygen atoms in total. The predicted octanol–water partition coefficient (Wildman–Crippen LogP) is 2.72. The number of aryl methyl sites for hydroxylation is 1. The number of halogens is 3. The first-order chi connectivity index (χ1) is 13.2. The lowest BCUT2D eigenvalue weighted by atomic mass is 9.76. The number of oxazole rings is 1. The standard InChI is InChI=1S/C14H15N5O2.C2HF3O2/c1-9-17-13(19-21-9)14(5-3-6-14)16-8-11-18-12-10(20-11)4-2-7-15-12;3-2(4,5)1(6)7/h2,4,7,16H,3,5-6,8H2,1H3;(H,6,7). The maximum Gasteiger partial charge on any atom is 0.490 e. The largest absolute Gasteiger partial charge is 0.490 e. The Hall–Kier alpha value is -3.02. The Balaban J connectivity index is 0.000000279. The number of fused-ring (bicyclic) bond motifs is 1. The van der Waals surface area contributed by atoms with E-state index in [0.29, 0.717) is 29.6 Å². The van der Waals surface area contributed by atoms with Crippen LogP contribution in [0.4, 0.5) is 13.2 Å². The summed E-state index contributed by atoms with van der Waals surface area (Å²) >= 11 is 0. The molecular formula is C16H16F3N5O4. The van der Waals surface area contributed by atoms with Crippen LogP contribution in [0.3, 0.4) is 0 Å². The monoisotopic (exact) mass is 399 g/mol. The van der Waals surface area contributed by atoms with E-state index in [2.05, 4.69) is 25.4 Å². The molecule has 1 fully saturated rings. The van der Waals surface area contributed by atoms with Gasteiger partial charge in [0.25, 0.3) is 0 Å². The van der Waals surface area contributed by atoms with E-state index in [0.717, 1.165) is 25.1 Å². The maximum atomic E-state index is 10.6. The van der Waals surface area contributed by atoms with Crippen LogP contribution < -0.4 is 5.32 Å². The van der Waals surface area contributed by atoms with Crippen LogP contribution in [0.1, 0.15) is 36.9 Å². The number of rotatable bonds is 4. The summed E-state index contributed by atoms with van der Waals surface area (Å²) in [5, 5.41) is 14.6. The molecule has 0 unspecified atom stereocenters. The number of pyridine rings is 1. The number of hydrogen-bond donors (Lipinski definition) is 2. The van der Waals surface area contributed by atoms with E-state index < -0.39 is 12.1 Å². The average Bonchev–Trinajstić information content (AvgIpc) is 3.19. The van der Waals surface area contributed by atoms with Crippen molar-refractivity contribution in [3.05, 3.63) is 35.9 Å². The van der Waals surface area contributed by atoms with Crippen molar-refractivity contribution in [1.82, 2.24) is 25.4 Å². The number of nitrogens with one attached hydrogen (secondary N) is 1. The highest BCUT2D eigenvalue weighted by Crippen LogP contribution is 2.40. The van der Waals surface area contributed by atoms with Crippen molar-refractivity contribution < 1.29 is 32.0 Å². The smallest absolute Gasteiger partial charge is 0.475 e. The first kappa shape index (κ1) is 19.7. The third-order valence-corrected chi connectivity index (χ3v) is 4.19. The summed E-state index contributed by atoms with van der Waals surface area (Å²) in [5.41, 5.74) is 1.12. The van der Waals surface area contributed by atoms with Crippen LogP contribution in [-0.2, 0) is 16.9 Å². The Morgan fingerprint density at radius 2 is 2.07 bits per heavy atom. The molecule has 0 bridgehead atoms. The molecule has 12 heteroatoms. The van der Waals surface area contributed by atoms with Crippen LogP contribution in [0.25, 0.3) is 11.2 Å². The Morgan fingerprint density at radius 1 is 1.36 bits per heavy atom. The van der Waals surface area contributed by atoms with Crippen molar-refractivity contribution in [2.45, 2.75) is 44.4 Å². The van der Waals surface area contributed by atoms with Gasteiger partial charge < -0.3 is 14.0 Å². The summed E-state index contributed by atoms with van der Waals surface area (Å²) in [5.74, 6) is -0.827. The number of alkyl halides is 3. The lowest BCUT2D eigenvalue weighted by Gasteiger charge is -2.39. The number of hydrogen-bond acceptors (Lipinski definition) is 8. The van der Waals surface area contributed by atoms with Gasteiger partial charge in [-0.1, -0.05) is 5.16 Å². The van der Waals surface area contributed by atoms with Crippen molar-refractivity contribution >= 4 is 17.2 Å². The van der Waals surface area contributed by atoms with Crippen LogP contribution in [0.5, 0.6) is 0 Å². The molecule has 1 saturated carbocycles. The van der Waals surface area contributed by atoms with Crippen LogP contribution in [0.15, 0.2) is 27.3 Å². The zero-order chi connectivity index (χ0) is 20.4. The van der Waals surface area contributed by atoms with E-state index in [4.69, 9.17) is 18.8 Å². The van der Waals surface area contributed by atoms with Crippen molar-refractivity contribution in [1.29, 1.82) is 0 Å². The number of carbonyl (C=O) groups is 1. The normalized spacial score (nSPS) is 15.6. The topological polar surface area (TPSA) is 127 Å². The highest BCUT2D eigenvalue weighted by molar-refractivity contribution is 5.73. The maximum absolute atomic E-state index is 10.6. The van der Waals surface area contributed by atoms with E-state index in [9.17, 15) is 13.2 Å². The molecule has 0 aromatic carbocycles. The third-order valence-electron chi connectivity index (χ3n) is 4.19. The number of nitrogens with zero attached hydrogens (tertiary/aromatic N) is 4. The van der Waals surface area contributed by atoms with Gasteiger partial charge in [0.05, 0.1) is 12.1 Å². The second kappa shape index (κ2) is 7.54. The molecule has 1 aliphatic carbocycles. The Kier molecular flexibility index (Phi) is 5.31. The van der Waals surface area contributed by atoms with Crippen LogP contribution >= 0.6 is 0 Å². The van der Waals surface area contributed by atoms with Crippen molar-refractivity contribution in [2.75, 3.05) is 0 Å². The van der Waals surface area contributed by atoms with Crippen LogP contribution in [0.2, 0.25) is 0 Å². The lowest BCUT2D eigenvalue weighted by Crippen LogP contribution is -2.48. The van der Waals surface area contributed by atoms with Gasteiger partial charge in [0, 0.05) is 13.1 Å². The SMILES string of the molecule is Cc1nc(C2(NCc3nc4ncccc4o3)CCC2)no1.O=C(O)C(F)(F)F. The minimum atomic E-state index is -5.08. The van der Waals surface area contributed by atoms with Gasteiger partial charge in [-0.3, -0.25) is 5.32 Å². The Bertz CT molecular complexity index is 931. The Labute approximate surface area is 156 Å². The molecule has 2 N–H and O–H groups in total. The summed E-state index contributed by atoms with van der Waals surface area (Å²) in [4.78, 5) is 21.8. The number of aliphatic carboxylic acids is 1. The molecule has 150 valence electrons. The molecule has 3 aromatic heterocycles. The highest BCUT2D eigenvalue weighted by Gasteiger charge is 2.42. The van der Waals surface area contributed by atoms with Gasteiger partial charge in [-0.05, 0) is 31.4 Å². The summed E-state index contributed by atoms with van der Waals surface area (Å²) in [7, 11) is 0. The van der Waals surface area contributed by atoms with Crippen LogP contribution in [-0.4, -0.2) is 37.4 Å². The Morgan fingerprint density at radius 3 is 2.57 bits per heavy atom. The molecule has 28 heavy (non-hydrogen) atoms. The molecule has 0 radical (unpaired) electrons. The van der Waals surface area contributed by atoms with Gasteiger partial charge in [0.2, 0.25) is 11.8 Å². The molecule has 0 saturated heterocycles. The van der Waals surface area contributed by atoms with E-state index in [1.54, 1.807) is 13.1 Å². The van der Waals surface area contributed by atoms with E-state index >= 15 is 0 Å². The average molecular weight is 399 g/mol. The molecule has 0 amide bonds. The van der Waals surface area contributed by atoms with E-state index in [-0.39, 0.29) is 5.54 Å². The molecular weight excluding hydrogens is 383 g/mol. The van der Waals surface area contributed by atoms with Gasteiger partial charge in [-0.15, -0.1) is 0 Å². The third kappa shape index (κ3) is 4.27. The molecule has 0 aliphatic heterocycles. The highest BCUT2D eigenvalue weighted by atomic mass is 19.4. The minimum absolute atomic E-state index is 0.216. The predicted molar refractivity (Wildman–Crippen MR) is 86.9 cm³/mol. The molecule has 4 rings (SSSR count). The van der Waals surface area contributed by atoms with Crippen molar-refractivity contribution in [3.63, 3.8) is 0 Å². The fourth-order valence-corrected chi connectivity index (χ4v) is 2.64. The van der Waals surface area contributed by atoms with Gasteiger partial charge >= 0.3 is 12.1 Å². The molecule has 3 heterocycles. The summed E-state index contributed by atoms with van der Waals surface area (Å²) in [6.07, 6.45) is -0.248. The zero-order valence-electron chi connectivity index (χ0n) is 14.7. The number of carboxylic acids is 1. The summed E-state index contributed by atoms with van der Waals surface area (Å²) in [6.45, 7) is 2.32. The van der Waals surface area contributed by atoms with Crippen molar-refractivity contribution in [2.24, 2.45) is 0 Å². The second-order valence-electron chi connectivity index (χ2n) is 6.16. The zero-order valence-corrected chi connectivity index (χ0v) is 14.7. The fourth-order valence-electron chi connectivity index (χ4n) is 2.64. The quantitative estimate of drug-likeness (QED) is 0.680. The van der Waals surface area contributed by atoms with Gasteiger partial charge in [-0.2, -0.15) is 23.1 Å². The number of carboxylic acid groups (broad SMARTS) is 1. The first-order valence-electron chi connectivity index (χ1n) is 8.26.